The van der Waals surface area contributed by atoms with Crippen LogP contribution in [-0.2, 0) is 4.79 Å². The van der Waals surface area contributed by atoms with E-state index in [2.05, 4.69) is 5.32 Å². The van der Waals surface area contributed by atoms with Crippen LogP contribution in [0.2, 0.25) is 0 Å². The summed E-state index contributed by atoms with van der Waals surface area (Å²) in [6.07, 6.45) is 2.16. The molecule has 1 N–H and O–H groups in total. The Labute approximate surface area is 100 Å². The Hall–Kier alpha value is -1.71. The molecule has 0 aliphatic rings. The second-order valence-electron chi connectivity index (χ2n) is 3.90. The van der Waals surface area contributed by atoms with Crippen LogP contribution in [0.1, 0.15) is 43.5 Å². The molecule has 0 aliphatic heterocycles. The highest BCUT2D eigenvalue weighted by Crippen LogP contribution is 2.15. The summed E-state index contributed by atoms with van der Waals surface area (Å²) in [4.78, 5) is 22.4. The predicted octanol–water partition coefficient (Wildman–Crippen LogP) is 3.16. The van der Waals surface area contributed by atoms with Gasteiger partial charge in [-0.15, -0.1) is 0 Å². The van der Waals surface area contributed by atoms with Gasteiger partial charge in [-0.2, -0.15) is 0 Å². The van der Waals surface area contributed by atoms with Crippen molar-refractivity contribution < 1.29 is 14.0 Å². The van der Waals surface area contributed by atoms with Gasteiger partial charge in [-0.1, -0.05) is 13.3 Å². The summed E-state index contributed by atoms with van der Waals surface area (Å²) in [5, 5.41) is 2.59. The molecule has 17 heavy (non-hydrogen) atoms. The Bertz CT molecular complexity index is 429. The van der Waals surface area contributed by atoms with Crippen molar-refractivity contribution in [3.05, 3.63) is 29.6 Å². The monoisotopic (exact) mass is 237 g/mol. The van der Waals surface area contributed by atoms with Crippen LogP contribution in [0.3, 0.4) is 0 Å². The van der Waals surface area contributed by atoms with E-state index in [1.807, 2.05) is 6.92 Å². The molecule has 0 unspecified atom stereocenters. The van der Waals surface area contributed by atoms with Crippen LogP contribution in [0.15, 0.2) is 18.2 Å². The van der Waals surface area contributed by atoms with E-state index in [0.29, 0.717) is 12.1 Å². The number of hydrogen-bond donors (Lipinski definition) is 1. The van der Waals surface area contributed by atoms with E-state index >= 15 is 0 Å². The molecule has 0 aromatic heterocycles. The summed E-state index contributed by atoms with van der Waals surface area (Å²) in [5.74, 6) is -1.07. The number of ketones is 1. The third-order valence-electron chi connectivity index (χ3n) is 2.39. The van der Waals surface area contributed by atoms with E-state index < -0.39 is 5.82 Å². The molecule has 1 aromatic carbocycles. The van der Waals surface area contributed by atoms with Crippen LogP contribution in [0.5, 0.6) is 0 Å². The molecule has 0 aliphatic carbocycles. The summed E-state index contributed by atoms with van der Waals surface area (Å²) in [6.45, 7) is 3.30. The van der Waals surface area contributed by atoms with Gasteiger partial charge >= 0.3 is 0 Å². The molecular weight excluding hydrogens is 221 g/mol. The smallest absolute Gasteiger partial charge is 0.224 e. The van der Waals surface area contributed by atoms with Gasteiger partial charge in [0.1, 0.15) is 5.82 Å². The van der Waals surface area contributed by atoms with Crippen LogP contribution in [0.4, 0.5) is 10.1 Å². The first kappa shape index (κ1) is 13.4. The Kier molecular flexibility index (Phi) is 4.82. The predicted molar refractivity (Wildman–Crippen MR) is 64.6 cm³/mol. The van der Waals surface area contributed by atoms with Crippen molar-refractivity contribution in [2.45, 2.75) is 33.1 Å². The highest BCUT2D eigenvalue weighted by atomic mass is 19.1. The molecule has 3 nitrogen and oxygen atoms in total. The zero-order valence-corrected chi connectivity index (χ0v) is 10.0. The number of nitrogens with one attached hydrogen (secondary N) is 1. The van der Waals surface area contributed by atoms with Crippen molar-refractivity contribution in [1.29, 1.82) is 0 Å². The summed E-state index contributed by atoms with van der Waals surface area (Å²) in [7, 11) is 0. The highest BCUT2D eigenvalue weighted by Gasteiger charge is 2.09. The lowest BCUT2D eigenvalue weighted by molar-refractivity contribution is -0.116. The Morgan fingerprint density at radius 2 is 2.06 bits per heavy atom. The summed E-state index contributed by atoms with van der Waals surface area (Å²) < 4.78 is 13.4. The summed E-state index contributed by atoms with van der Waals surface area (Å²) in [6, 6.07) is 4.08. The number of Topliss-reactive ketones (excluding diaryl/α,β-unsaturated/α-hetero) is 1. The normalized spacial score (nSPS) is 10.1. The van der Waals surface area contributed by atoms with E-state index in [4.69, 9.17) is 0 Å². The van der Waals surface area contributed by atoms with Crippen molar-refractivity contribution >= 4 is 17.4 Å². The van der Waals surface area contributed by atoms with Crippen molar-refractivity contribution in [2.75, 3.05) is 5.32 Å². The maximum Gasteiger partial charge on any atom is 0.224 e. The minimum atomic E-state index is -0.606. The zero-order chi connectivity index (χ0) is 12.8. The van der Waals surface area contributed by atoms with Gasteiger partial charge in [0.2, 0.25) is 5.91 Å². The second-order valence-corrected chi connectivity index (χ2v) is 3.90. The third-order valence-corrected chi connectivity index (χ3v) is 2.39. The molecule has 0 atom stereocenters. The minimum absolute atomic E-state index is 0.0385. The number of rotatable bonds is 5. The van der Waals surface area contributed by atoms with Crippen molar-refractivity contribution in [3.8, 4) is 0 Å². The van der Waals surface area contributed by atoms with Crippen LogP contribution < -0.4 is 5.32 Å². The summed E-state index contributed by atoms with van der Waals surface area (Å²) >= 11 is 0. The molecule has 1 amide bonds. The fraction of sp³-hybridized carbons (Fsp3) is 0.385. The Morgan fingerprint density at radius 3 is 2.59 bits per heavy atom. The Morgan fingerprint density at radius 1 is 1.35 bits per heavy atom. The van der Waals surface area contributed by atoms with Gasteiger partial charge in [0.15, 0.2) is 5.78 Å². The number of halogens is 1. The molecule has 1 rings (SSSR count). The lowest BCUT2D eigenvalue weighted by atomic mass is 10.1. The first-order valence-corrected chi connectivity index (χ1v) is 5.65. The second kappa shape index (κ2) is 6.13. The number of carbonyl (C=O) groups excluding carboxylic acids is 2. The first-order chi connectivity index (χ1) is 8.04. The van der Waals surface area contributed by atoms with Gasteiger partial charge in [0.25, 0.3) is 0 Å². The van der Waals surface area contributed by atoms with Crippen molar-refractivity contribution in [1.82, 2.24) is 0 Å². The zero-order valence-electron chi connectivity index (χ0n) is 10.0. The van der Waals surface area contributed by atoms with E-state index in [9.17, 15) is 14.0 Å². The number of benzene rings is 1. The highest BCUT2D eigenvalue weighted by molar-refractivity contribution is 5.95. The fourth-order valence-electron chi connectivity index (χ4n) is 1.44. The molecule has 0 radical (unpaired) electrons. The molecule has 0 saturated carbocycles. The fourth-order valence-corrected chi connectivity index (χ4v) is 1.44. The number of hydrogen-bond acceptors (Lipinski definition) is 2. The van der Waals surface area contributed by atoms with E-state index in [1.54, 1.807) is 0 Å². The average molecular weight is 237 g/mol. The maximum absolute atomic E-state index is 13.4. The third kappa shape index (κ3) is 3.98. The number of carbonyl (C=O) groups is 2. The lowest BCUT2D eigenvalue weighted by Gasteiger charge is -2.06. The molecule has 92 valence electrons. The first-order valence-electron chi connectivity index (χ1n) is 5.65. The van der Waals surface area contributed by atoms with Crippen LogP contribution in [0.25, 0.3) is 0 Å². The van der Waals surface area contributed by atoms with Gasteiger partial charge in [-0.3, -0.25) is 9.59 Å². The Balaban J connectivity index is 2.70. The van der Waals surface area contributed by atoms with Crippen molar-refractivity contribution in [2.24, 2.45) is 0 Å². The molecule has 0 fully saturated rings. The minimum Gasteiger partial charge on any atom is -0.326 e. The summed E-state index contributed by atoms with van der Waals surface area (Å²) in [5.41, 5.74) is 0.421. The van der Waals surface area contributed by atoms with E-state index in [1.165, 1.54) is 25.1 Å². The van der Waals surface area contributed by atoms with Gasteiger partial charge in [0.05, 0.1) is 5.56 Å². The number of anilines is 1. The van der Waals surface area contributed by atoms with Gasteiger partial charge in [-0.25, -0.2) is 4.39 Å². The number of unbranched alkanes of at least 4 members (excludes halogenated alkanes) is 1. The van der Waals surface area contributed by atoms with Crippen LogP contribution in [0, 0.1) is 5.82 Å². The number of amides is 1. The van der Waals surface area contributed by atoms with Gasteiger partial charge < -0.3 is 5.32 Å². The quantitative estimate of drug-likeness (QED) is 0.799. The van der Waals surface area contributed by atoms with Gasteiger partial charge in [-0.05, 0) is 31.5 Å². The maximum atomic E-state index is 13.4. The molecule has 4 heteroatoms. The van der Waals surface area contributed by atoms with Crippen LogP contribution in [-0.4, -0.2) is 11.7 Å². The molecule has 0 heterocycles. The largest absolute Gasteiger partial charge is 0.326 e. The van der Waals surface area contributed by atoms with Crippen molar-refractivity contribution in [3.63, 3.8) is 0 Å². The topological polar surface area (TPSA) is 46.2 Å². The van der Waals surface area contributed by atoms with E-state index in [-0.39, 0.29) is 17.3 Å². The molecule has 0 spiro atoms. The molecule has 1 aromatic rings. The molecule has 0 saturated heterocycles. The SMILES string of the molecule is CCCCC(=O)Nc1ccc(C(C)=O)c(F)c1. The molecule has 0 bridgehead atoms. The van der Waals surface area contributed by atoms with Gasteiger partial charge in [0, 0.05) is 12.1 Å². The average Bonchev–Trinajstić information content (AvgIpc) is 2.26. The van der Waals surface area contributed by atoms with Crippen LogP contribution >= 0.6 is 0 Å². The van der Waals surface area contributed by atoms with E-state index in [0.717, 1.165) is 12.8 Å². The lowest BCUT2D eigenvalue weighted by Crippen LogP contribution is -2.11. The standard InChI is InChI=1S/C13H16FNO2/c1-3-4-5-13(17)15-10-6-7-11(9(2)16)12(14)8-10/h6-8H,3-5H2,1-2H3,(H,15,17). The molecular formula is C13H16FNO2.